The Morgan fingerprint density at radius 1 is 1.18 bits per heavy atom. The van der Waals surface area contributed by atoms with Crippen molar-refractivity contribution in [1.82, 2.24) is 0 Å². The van der Waals surface area contributed by atoms with E-state index in [0.717, 1.165) is 6.07 Å². The van der Waals surface area contributed by atoms with Crippen molar-refractivity contribution in [2.24, 2.45) is 0 Å². The summed E-state index contributed by atoms with van der Waals surface area (Å²) in [5.41, 5.74) is 1.28. The van der Waals surface area contributed by atoms with Gasteiger partial charge in [-0.15, -0.1) is 0 Å². The molecule has 5 nitrogen and oxygen atoms in total. The first-order valence-corrected chi connectivity index (χ1v) is 7.70. The fraction of sp³-hybridized carbons (Fsp3) is 0.133. The molecule has 0 spiro atoms. The first kappa shape index (κ1) is 16.1. The lowest BCUT2D eigenvalue weighted by atomic mass is 9.97. The van der Waals surface area contributed by atoms with Crippen molar-refractivity contribution in [1.29, 1.82) is 0 Å². The Kier molecular flexibility index (Phi) is 4.58. The first-order chi connectivity index (χ1) is 10.3. The van der Waals surface area contributed by atoms with Crippen LogP contribution < -0.4 is 0 Å². The molecule has 0 unspecified atom stereocenters. The van der Waals surface area contributed by atoms with Crippen molar-refractivity contribution in [2.75, 3.05) is 0 Å². The van der Waals surface area contributed by atoms with Crippen LogP contribution in [0.4, 0.5) is 4.39 Å². The number of hydrogen-bond donors (Lipinski definition) is 1. The lowest BCUT2D eigenvalue weighted by Gasteiger charge is -2.11. The number of carbonyl (C=O) groups is 1. The molecule has 2 aromatic carbocycles. The van der Waals surface area contributed by atoms with Gasteiger partial charge in [-0.05, 0) is 24.1 Å². The zero-order valence-corrected chi connectivity index (χ0v) is 12.4. The summed E-state index contributed by atoms with van der Waals surface area (Å²) in [7, 11) is -4.88. The van der Waals surface area contributed by atoms with Gasteiger partial charge in [-0.1, -0.05) is 42.5 Å². The molecule has 0 aliphatic carbocycles. The van der Waals surface area contributed by atoms with Crippen LogP contribution in [-0.4, -0.2) is 18.9 Å². The predicted molar refractivity (Wildman–Crippen MR) is 77.9 cm³/mol. The van der Waals surface area contributed by atoms with Crippen molar-refractivity contribution >= 4 is 16.4 Å². The topological polar surface area (TPSA) is 80.7 Å². The quantitative estimate of drug-likeness (QED) is 0.875. The Balaban J connectivity index is 2.28. The molecule has 0 radical (unpaired) electrons. The number of benzene rings is 2. The van der Waals surface area contributed by atoms with Crippen molar-refractivity contribution in [3.05, 3.63) is 59.9 Å². The van der Waals surface area contributed by atoms with Gasteiger partial charge in [0, 0.05) is 5.56 Å². The van der Waals surface area contributed by atoms with E-state index in [1.807, 2.05) is 6.07 Å². The number of hydrogen-bond acceptors (Lipinski definition) is 4. The Hall–Kier alpha value is -2.25. The summed E-state index contributed by atoms with van der Waals surface area (Å²) in [6.45, 7) is 1.35. The van der Waals surface area contributed by atoms with E-state index in [1.165, 1.54) is 19.1 Å². The molecule has 7 heteroatoms. The van der Waals surface area contributed by atoms with E-state index >= 15 is 0 Å². The maximum Gasteiger partial charge on any atom is 0.448 e. The highest BCUT2D eigenvalue weighted by Crippen LogP contribution is 2.26. The highest BCUT2D eigenvalue weighted by molar-refractivity contribution is 7.81. The second-order valence-corrected chi connectivity index (χ2v) is 5.68. The van der Waals surface area contributed by atoms with Gasteiger partial charge in [0.1, 0.15) is 5.82 Å². The van der Waals surface area contributed by atoms with Gasteiger partial charge < -0.3 is 4.18 Å². The Bertz CT molecular complexity index is 787. The number of carbonyl (C=O) groups excluding carboxylic acids is 1. The molecule has 22 heavy (non-hydrogen) atoms. The normalized spacial score (nSPS) is 12.7. The Morgan fingerprint density at radius 3 is 2.36 bits per heavy atom. The summed E-state index contributed by atoms with van der Waals surface area (Å²) in [6, 6.07) is 13.0. The van der Waals surface area contributed by atoms with Crippen LogP contribution in [0.5, 0.6) is 0 Å². The van der Waals surface area contributed by atoms with Crippen LogP contribution in [-0.2, 0) is 19.4 Å². The van der Waals surface area contributed by atoms with Gasteiger partial charge in [0.15, 0.2) is 0 Å². The molecule has 116 valence electrons. The summed E-state index contributed by atoms with van der Waals surface area (Å²) in [6.07, 6.45) is 0. The van der Waals surface area contributed by atoms with Gasteiger partial charge in [0.05, 0.1) is 5.92 Å². The van der Waals surface area contributed by atoms with E-state index in [4.69, 9.17) is 4.55 Å². The van der Waals surface area contributed by atoms with E-state index in [2.05, 4.69) is 4.18 Å². The fourth-order valence-corrected chi connectivity index (χ4v) is 2.32. The molecule has 0 bridgehead atoms. The Labute approximate surface area is 127 Å². The number of halogens is 1. The van der Waals surface area contributed by atoms with E-state index in [9.17, 15) is 17.6 Å². The Morgan fingerprint density at radius 2 is 1.82 bits per heavy atom. The van der Waals surface area contributed by atoms with Gasteiger partial charge in [-0.3, -0.25) is 9.35 Å². The van der Waals surface area contributed by atoms with Gasteiger partial charge in [-0.2, -0.15) is 8.42 Å². The van der Waals surface area contributed by atoms with Crippen LogP contribution in [0.15, 0.2) is 48.5 Å². The first-order valence-electron chi connectivity index (χ1n) is 6.33. The third kappa shape index (κ3) is 3.90. The van der Waals surface area contributed by atoms with E-state index in [1.54, 1.807) is 24.3 Å². The van der Waals surface area contributed by atoms with Crippen molar-refractivity contribution < 1.29 is 26.3 Å². The summed E-state index contributed by atoms with van der Waals surface area (Å²) in [5, 5.41) is 0. The average Bonchev–Trinajstić information content (AvgIpc) is 2.45. The minimum Gasteiger partial charge on any atom is -0.324 e. The minimum absolute atomic E-state index is 0.242. The minimum atomic E-state index is -4.88. The number of rotatable bonds is 4. The highest BCUT2D eigenvalue weighted by atomic mass is 32.3. The highest BCUT2D eigenvalue weighted by Gasteiger charge is 2.23. The summed E-state index contributed by atoms with van der Waals surface area (Å²) >= 11 is 0. The SMILES string of the molecule is C[C@@H](C(=O)OS(=O)(=O)O)c1ccc(-c2ccccc2)c(F)c1. The molecule has 0 saturated heterocycles. The summed E-state index contributed by atoms with van der Waals surface area (Å²) < 4.78 is 47.6. The molecule has 0 heterocycles. The third-order valence-electron chi connectivity index (χ3n) is 3.12. The molecule has 1 atom stereocenters. The van der Waals surface area contributed by atoms with E-state index < -0.39 is 28.1 Å². The van der Waals surface area contributed by atoms with Gasteiger partial charge in [0.25, 0.3) is 0 Å². The molecule has 0 aromatic heterocycles. The van der Waals surface area contributed by atoms with E-state index in [0.29, 0.717) is 11.1 Å². The molecule has 0 amide bonds. The monoisotopic (exact) mass is 324 g/mol. The largest absolute Gasteiger partial charge is 0.448 e. The zero-order valence-electron chi connectivity index (χ0n) is 11.6. The maximum atomic E-state index is 14.2. The van der Waals surface area contributed by atoms with Crippen LogP contribution in [0.3, 0.4) is 0 Å². The fourth-order valence-electron chi connectivity index (χ4n) is 1.96. The van der Waals surface area contributed by atoms with Gasteiger partial charge in [-0.25, -0.2) is 4.39 Å². The average molecular weight is 324 g/mol. The van der Waals surface area contributed by atoms with Gasteiger partial charge in [0.2, 0.25) is 0 Å². The molecule has 0 aliphatic rings. The van der Waals surface area contributed by atoms with Crippen LogP contribution >= 0.6 is 0 Å². The lowest BCUT2D eigenvalue weighted by Crippen LogP contribution is -2.17. The zero-order chi connectivity index (χ0) is 16.3. The molecular weight excluding hydrogens is 311 g/mol. The van der Waals surface area contributed by atoms with Crippen LogP contribution in [0.1, 0.15) is 18.4 Å². The van der Waals surface area contributed by atoms with Crippen LogP contribution in [0.25, 0.3) is 11.1 Å². The van der Waals surface area contributed by atoms with E-state index in [-0.39, 0.29) is 5.56 Å². The molecule has 2 rings (SSSR count). The molecular formula is C15H13FO5S. The molecule has 2 aromatic rings. The third-order valence-corrected chi connectivity index (χ3v) is 3.49. The molecule has 1 N–H and O–H groups in total. The summed E-state index contributed by atoms with van der Waals surface area (Å²) in [5.74, 6) is -2.77. The van der Waals surface area contributed by atoms with Crippen molar-refractivity contribution in [2.45, 2.75) is 12.8 Å². The smallest absolute Gasteiger partial charge is 0.324 e. The maximum absolute atomic E-state index is 14.2. The molecule has 0 saturated carbocycles. The van der Waals surface area contributed by atoms with Crippen LogP contribution in [0.2, 0.25) is 0 Å². The second-order valence-electron chi connectivity index (χ2n) is 4.66. The standard InChI is InChI=1S/C15H13FO5S/c1-10(15(17)21-22(18,19)20)12-7-8-13(14(16)9-12)11-5-3-2-4-6-11/h2-10H,1H3,(H,18,19,20)/t10-/m1/s1. The second kappa shape index (κ2) is 6.25. The van der Waals surface area contributed by atoms with Gasteiger partial charge >= 0.3 is 16.4 Å². The van der Waals surface area contributed by atoms with Crippen molar-refractivity contribution in [3.8, 4) is 11.1 Å². The summed E-state index contributed by atoms with van der Waals surface area (Å²) in [4.78, 5) is 11.5. The van der Waals surface area contributed by atoms with Crippen molar-refractivity contribution in [3.63, 3.8) is 0 Å². The predicted octanol–water partition coefficient (Wildman–Crippen LogP) is 2.94. The molecule has 0 fully saturated rings. The lowest BCUT2D eigenvalue weighted by molar-refractivity contribution is -0.135. The van der Waals surface area contributed by atoms with Crippen LogP contribution in [0, 0.1) is 5.82 Å². The molecule has 0 aliphatic heterocycles.